The van der Waals surface area contributed by atoms with Crippen LogP contribution >= 0.6 is 0 Å². The summed E-state index contributed by atoms with van der Waals surface area (Å²) in [5.41, 5.74) is 0. The van der Waals surface area contributed by atoms with E-state index in [4.69, 9.17) is 0 Å². The summed E-state index contributed by atoms with van der Waals surface area (Å²) < 4.78 is 0. The van der Waals surface area contributed by atoms with Gasteiger partial charge in [0.05, 0.1) is 14.2 Å². The standard InChI is InChI=1S/C6H16N2O4/c1-4-6(8(10)12-3)5-7(9)11-2/h6-8H,4-5H2,1-3H3. The Hall–Kier alpha value is -0.240. The van der Waals surface area contributed by atoms with Crippen LogP contribution in [-0.2, 0) is 9.68 Å². The molecule has 12 heavy (non-hydrogen) atoms. The number of hydrogen-bond donors (Lipinski definition) is 2. The van der Waals surface area contributed by atoms with Gasteiger partial charge in [-0.15, -0.1) is 0 Å². The van der Waals surface area contributed by atoms with E-state index in [1.807, 2.05) is 6.92 Å². The second-order valence-electron chi connectivity index (χ2n) is 2.41. The van der Waals surface area contributed by atoms with Crippen LogP contribution in [0.3, 0.4) is 0 Å². The highest BCUT2D eigenvalue weighted by Gasteiger charge is 2.17. The summed E-state index contributed by atoms with van der Waals surface area (Å²) >= 11 is 0. The van der Waals surface area contributed by atoms with Gasteiger partial charge in [-0.25, -0.2) is 20.1 Å². The van der Waals surface area contributed by atoms with Gasteiger partial charge in [-0.3, -0.25) is 0 Å². The second kappa shape index (κ2) is 6.30. The van der Waals surface area contributed by atoms with Crippen LogP contribution in [-0.4, -0.2) is 26.8 Å². The summed E-state index contributed by atoms with van der Waals surface area (Å²) in [5.74, 6) is 0. The molecule has 0 aromatic rings. The summed E-state index contributed by atoms with van der Waals surface area (Å²) in [5, 5.41) is 21.0. The van der Waals surface area contributed by atoms with E-state index in [9.17, 15) is 10.4 Å². The Balaban J connectivity index is 3.81. The molecule has 0 heterocycles. The van der Waals surface area contributed by atoms with E-state index < -0.39 is 0 Å². The first-order valence-electron chi connectivity index (χ1n) is 3.80. The van der Waals surface area contributed by atoms with Crippen LogP contribution in [0.1, 0.15) is 13.3 Å². The highest BCUT2D eigenvalue weighted by Crippen LogP contribution is 1.80. The molecule has 0 saturated carbocycles. The molecule has 0 aromatic heterocycles. The van der Waals surface area contributed by atoms with Crippen molar-refractivity contribution in [3.05, 3.63) is 10.4 Å². The average Bonchev–Trinajstić information content (AvgIpc) is 2.12. The molecular weight excluding hydrogens is 164 g/mol. The fourth-order valence-electron chi connectivity index (χ4n) is 0.846. The molecule has 0 aliphatic rings. The predicted octanol–water partition coefficient (Wildman–Crippen LogP) is -2.35. The van der Waals surface area contributed by atoms with Gasteiger partial charge in [-0.1, -0.05) is 6.92 Å². The smallest absolute Gasteiger partial charge is 0.169 e. The van der Waals surface area contributed by atoms with Crippen molar-refractivity contribution in [3.63, 3.8) is 0 Å². The van der Waals surface area contributed by atoms with Gasteiger partial charge in [0.25, 0.3) is 0 Å². The lowest BCUT2D eigenvalue weighted by Crippen LogP contribution is -3.18. The first kappa shape index (κ1) is 11.8. The molecule has 0 aromatic carbocycles. The Morgan fingerprint density at radius 3 is 2.17 bits per heavy atom. The Morgan fingerprint density at radius 2 is 1.83 bits per heavy atom. The quantitative estimate of drug-likeness (QED) is 0.449. The minimum absolute atomic E-state index is 0.0969. The van der Waals surface area contributed by atoms with E-state index in [1.165, 1.54) is 14.2 Å². The molecule has 0 fully saturated rings. The highest BCUT2D eigenvalue weighted by molar-refractivity contribution is 4.46. The molecule has 0 rings (SSSR count). The molecule has 6 nitrogen and oxygen atoms in total. The molecular formula is C6H16N2O4. The minimum Gasteiger partial charge on any atom is -0.600 e. The van der Waals surface area contributed by atoms with E-state index >= 15 is 0 Å². The molecule has 0 bridgehead atoms. The van der Waals surface area contributed by atoms with E-state index in [0.29, 0.717) is 6.42 Å². The van der Waals surface area contributed by atoms with Crippen molar-refractivity contribution in [3.8, 4) is 0 Å². The fraction of sp³-hybridized carbons (Fsp3) is 1.00. The van der Waals surface area contributed by atoms with Gasteiger partial charge in [0, 0.05) is 6.42 Å². The molecule has 0 spiro atoms. The number of hydroxylamine groups is 4. The fourth-order valence-corrected chi connectivity index (χ4v) is 0.846. The molecule has 2 N–H and O–H groups in total. The predicted molar refractivity (Wildman–Crippen MR) is 41.6 cm³/mol. The normalized spacial score (nSPS) is 18.8. The van der Waals surface area contributed by atoms with Crippen molar-refractivity contribution in [2.75, 3.05) is 20.8 Å². The second-order valence-corrected chi connectivity index (χ2v) is 2.41. The molecule has 0 saturated heterocycles. The van der Waals surface area contributed by atoms with Crippen molar-refractivity contribution in [2.24, 2.45) is 0 Å². The Morgan fingerprint density at radius 1 is 1.25 bits per heavy atom. The summed E-state index contributed by atoms with van der Waals surface area (Å²) in [6, 6.07) is -0.373. The van der Waals surface area contributed by atoms with Crippen molar-refractivity contribution < 1.29 is 20.1 Å². The summed E-state index contributed by atoms with van der Waals surface area (Å²) in [4.78, 5) is 8.93. The highest BCUT2D eigenvalue weighted by atomic mass is 16.9. The van der Waals surface area contributed by atoms with Gasteiger partial charge >= 0.3 is 0 Å². The molecule has 3 atom stereocenters. The van der Waals surface area contributed by atoms with Crippen molar-refractivity contribution >= 4 is 0 Å². The molecule has 3 unspecified atom stereocenters. The largest absolute Gasteiger partial charge is 0.600 e. The van der Waals surface area contributed by atoms with Gasteiger partial charge < -0.3 is 10.4 Å². The van der Waals surface area contributed by atoms with Gasteiger partial charge in [0.2, 0.25) is 0 Å². The third-order valence-electron chi connectivity index (χ3n) is 1.67. The zero-order valence-electron chi connectivity index (χ0n) is 7.62. The van der Waals surface area contributed by atoms with Crippen LogP contribution in [0.2, 0.25) is 0 Å². The first-order valence-corrected chi connectivity index (χ1v) is 3.80. The molecule has 74 valence electrons. The van der Waals surface area contributed by atoms with Gasteiger partial charge in [0.1, 0.15) is 0 Å². The van der Waals surface area contributed by atoms with Crippen molar-refractivity contribution in [1.29, 1.82) is 0 Å². The Bertz CT molecular complexity index is 114. The molecule has 0 aliphatic carbocycles. The van der Waals surface area contributed by atoms with E-state index in [2.05, 4.69) is 9.68 Å². The van der Waals surface area contributed by atoms with Crippen molar-refractivity contribution in [2.45, 2.75) is 19.4 Å². The Labute approximate surface area is 71.7 Å². The topological polar surface area (TPSA) is 73.5 Å². The Kier molecular flexibility index (Phi) is 6.17. The van der Waals surface area contributed by atoms with Crippen molar-refractivity contribution in [1.82, 2.24) is 0 Å². The summed E-state index contributed by atoms with van der Waals surface area (Å²) in [6.45, 7) is 1.92. The maximum atomic E-state index is 11.0. The third kappa shape index (κ3) is 3.96. The van der Waals surface area contributed by atoms with Gasteiger partial charge in [-0.2, -0.15) is 0 Å². The average molecular weight is 180 g/mol. The number of hydrogen-bond acceptors (Lipinski definition) is 4. The lowest BCUT2D eigenvalue weighted by molar-refractivity contribution is -1.11. The molecule has 0 aliphatic heterocycles. The van der Waals surface area contributed by atoms with Gasteiger partial charge in [-0.05, 0) is 0 Å². The summed E-state index contributed by atoms with van der Waals surface area (Å²) in [6.07, 6.45) is 0.585. The minimum atomic E-state index is -0.382. The van der Waals surface area contributed by atoms with Crippen LogP contribution < -0.4 is 10.5 Å². The molecule has 0 amide bonds. The number of nitrogens with one attached hydrogen (secondary N) is 2. The van der Waals surface area contributed by atoms with E-state index in [0.717, 1.165) is 0 Å². The van der Waals surface area contributed by atoms with Crippen LogP contribution in [0, 0.1) is 10.4 Å². The molecule has 0 radical (unpaired) electrons. The van der Waals surface area contributed by atoms with Crippen LogP contribution in [0.5, 0.6) is 0 Å². The summed E-state index contributed by atoms with van der Waals surface area (Å²) in [7, 11) is 2.61. The zero-order chi connectivity index (χ0) is 9.56. The number of rotatable bonds is 6. The van der Waals surface area contributed by atoms with E-state index in [-0.39, 0.29) is 23.0 Å². The monoisotopic (exact) mass is 180 g/mol. The molecule has 6 heteroatoms. The van der Waals surface area contributed by atoms with Crippen LogP contribution in [0.4, 0.5) is 0 Å². The van der Waals surface area contributed by atoms with Crippen LogP contribution in [0.25, 0.3) is 0 Å². The SMILES string of the molecule is CCC(C[NH+]([O-])OC)[NH+]([O-])OC. The first-order chi connectivity index (χ1) is 5.65. The maximum absolute atomic E-state index is 11.0. The van der Waals surface area contributed by atoms with E-state index in [1.54, 1.807) is 0 Å². The zero-order valence-corrected chi connectivity index (χ0v) is 7.62. The lowest BCUT2D eigenvalue weighted by atomic mass is 10.2. The third-order valence-corrected chi connectivity index (χ3v) is 1.67. The number of quaternary nitrogens is 2. The lowest BCUT2D eigenvalue weighted by Gasteiger charge is -2.29. The van der Waals surface area contributed by atoms with Gasteiger partial charge in [0.15, 0.2) is 12.6 Å². The maximum Gasteiger partial charge on any atom is 0.169 e. The van der Waals surface area contributed by atoms with Crippen LogP contribution in [0.15, 0.2) is 0 Å².